The number of carboxylic acids is 2. The molecule has 0 saturated heterocycles. The average Bonchev–Trinajstić information content (AvgIpc) is 3.03. The van der Waals surface area contributed by atoms with Crippen LogP contribution in [0.15, 0.2) is 23.3 Å². The minimum Gasteiger partial charge on any atom is -0.481 e. The highest BCUT2D eigenvalue weighted by molar-refractivity contribution is 5.71. The van der Waals surface area contributed by atoms with E-state index >= 15 is 0 Å². The molecule has 5 heteroatoms. The maximum atomic E-state index is 12.6. The van der Waals surface area contributed by atoms with Gasteiger partial charge in [0.05, 0.1) is 11.5 Å². The van der Waals surface area contributed by atoms with Crippen LogP contribution in [0.25, 0.3) is 0 Å². The van der Waals surface area contributed by atoms with E-state index in [1.165, 1.54) is 11.1 Å². The summed E-state index contributed by atoms with van der Waals surface area (Å²) in [6, 6.07) is 0. The normalized spacial score (nSPS) is 35.4. The third-order valence-electron chi connectivity index (χ3n) is 11.2. The second-order valence-electron chi connectivity index (χ2n) is 13.7. The molecule has 0 aliphatic heterocycles. The van der Waals surface area contributed by atoms with E-state index in [2.05, 4.69) is 41.2 Å². The number of aliphatic hydroxyl groups is 1. The molecule has 5 nitrogen and oxygen atoms in total. The molecule has 6 atom stereocenters. The van der Waals surface area contributed by atoms with E-state index in [1.807, 2.05) is 13.8 Å². The minimum absolute atomic E-state index is 0.00192. The molecule has 0 aromatic rings. The summed E-state index contributed by atoms with van der Waals surface area (Å²) >= 11 is 0. The number of hydrogen-bond acceptors (Lipinski definition) is 3. The van der Waals surface area contributed by atoms with Gasteiger partial charge >= 0.3 is 11.9 Å². The molecule has 0 spiro atoms. The van der Waals surface area contributed by atoms with Crippen molar-refractivity contribution >= 4 is 11.9 Å². The Bertz CT molecular complexity index is 924. The van der Waals surface area contributed by atoms with Crippen molar-refractivity contribution in [3.8, 4) is 0 Å². The number of carboxylic acid groups (broad SMARTS) is 2. The van der Waals surface area contributed by atoms with E-state index in [4.69, 9.17) is 0 Å². The lowest BCUT2D eigenvalue weighted by atomic mass is 9.46. The van der Waals surface area contributed by atoms with Crippen LogP contribution >= 0.6 is 0 Å². The SMILES string of the molecule is C=C(CC[C@@H](C(=O)O)[C@H]1CC[C@@]2(C)C3=C(CC[C@@]12C)[C@@](C)(CCC(=O)O)[C@H](C(C)(C)O)CC3)C(C)C. The van der Waals surface area contributed by atoms with Gasteiger partial charge in [0.1, 0.15) is 0 Å². The Morgan fingerprint density at radius 2 is 1.67 bits per heavy atom. The van der Waals surface area contributed by atoms with Crippen LogP contribution in [0.2, 0.25) is 0 Å². The first-order chi connectivity index (χ1) is 16.5. The molecule has 0 unspecified atom stereocenters. The van der Waals surface area contributed by atoms with Crippen molar-refractivity contribution in [3.63, 3.8) is 0 Å². The zero-order valence-corrected chi connectivity index (χ0v) is 23.7. The Morgan fingerprint density at radius 3 is 2.19 bits per heavy atom. The van der Waals surface area contributed by atoms with Crippen LogP contribution in [-0.2, 0) is 9.59 Å². The number of carbonyl (C=O) groups is 2. The summed E-state index contributed by atoms with van der Waals surface area (Å²) in [6.45, 7) is 19.0. The Labute approximate surface area is 218 Å². The summed E-state index contributed by atoms with van der Waals surface area (Å²) in [6.07, 6.45) is 7.45. The third-order valence-corrected chi connectivity index (χ3v) is 11.2. The number of hydrogen-bond donors (Lipinski definition) is 3. The minimum atomic E-state index is -0.890. The Morgan fingerprint density at radius 1 is 1.03 bits per heavy atom. The van der Waals surface area contributed by atoms with E-state index in [9.17, 15) is 24.9 Å². The van der Waals surface area contributed by atoms with Crippen LogP contribution in [0.4, 0.5) is 0 Å². The van der Waals surface area contributed by atoms with Crippen LogP contribution < -0.4 is 0 Å². The maximum absolute atomic E-state index is 12.6. The van der Waals surface area contributed by atoms with Gasteiger partial charge in [-0.3, -0.25) is 9.59 Å². The zero-order chi connectivity index (χ0) is 27.3. The molecule has 204 valence electrons. The lowest BCUT2D eigenvalue weighted by molar-refractivity contribution is -0.146. The summed E-state index contributed by atoms with van der Waals surface area (Å²) < 4.78 is 0. The van der Waals surface area contributed by atoms with E-state index in [1.54, 1.807) is 0 Å². The molecule has 3 rings (SSSR count). The Kier molecular flexibility index (Phi) is 7.98. The van der Waals surface area contributed by atoms with E-state index in [-0.39, 0.29) is 40.4 Å². The summed E-state index contributed by atoms with van der Waals surface area (Å²) in [4.78, 5) is 24.1. The summed E-state index contributed by atoms with van der Waals surface area (Å²) in [5.41, 5.74) is 2.48. The van der Waals surface area contributed by atoms with Crippen LogP contribution in [0.5, 0.6) is 0 Å². The van der Waals surface area contributed by atoms with Crippen molar-refractivity contribution in [2.75, 3.05) is 0 Å². The molecule has 0 aromatic carbocycles. The molecule has 3 aliphatic rings. The van der Waals surface area contributed by atoms with Gasteiger partial charge in [-0.2, -0.15) is 0 Å². The summed E-state index contributed by atoms with van der Waals surface area (Å²) in [5, 5.41) is 30.9. The van der Waals surface area contributed by atoms with Crippen molar-refractivity contribution < 1.29 is 24.9 Å². The molecule has 3 aliphatic carbocycles. The summed E-state index contributed by atoms with van der Waals surface area (Å²) in [5.74, 6) is -1.37. The van der Waals surface area contributed by atoms with Crippen molar-refractivity contribution in [3.05, 3.63) is 23.3 Å². The first-order valence-corrected chi connectivity index (χ1v) is 14.1. The van der Waals surface area contributed by atoms with Crippen LogP contribution in [0, 0.1) is 39.9 Å². The van der Waals surface area contributed by atoms with Crippen LogP contribution in [-0.4, -0.2) is 32.9 Å². The van der Waals surface area contributed by atoms with Crippen molar-refractivity contribution in [2.45, 2.75) is 118 Å². The Hall–Kier alpha value is -1.62. The molecule has 0 amide bonds. The first-order valence-electron chi connectivity index (χ1n) is 14.1. The highest BCUT2D eigenvalue weighted by Crippen LogP contribution is 2.71. The van der Waals surface area contributed by atoms with E-state index < -0.39 is 17.5 Å². The maximum Gasteiger partial charge on any atom is 0.306 e. The fourth-order valence-electron chi connectivity index (χ4n) is 8.75. The van der Waals surface area contributed by atoms with Gasteiger partial charge in [-0.25, -0.2) is 0 Å². The fraction of sp³-hybridized carbons (Fsp3) is 0.806. The predicted molar refractivity (Wildman–Crippen MR) is 144 cm³/mol. The predicted octanol–water partition coefficient (Wildman–Crippen LogP) is 7.24. The fourth-order valence-corrected chi connectivity index (χ4v) is 8.75. The Balaban J connectivity index is 2.01. The molecule has 1 fully saturated rings. The second kappa shape index (κ2) is 9.93. The van der Waals surface area contributed by atoms with Gasteiger partial charge in [-0.05, 0) is 106 Å². The quantitative estimate of drug-likeness (QED) is 0.274. The van der Waals surface area contributed by atoms with Crippen molar-refractivity contribution in [1.82, 2.24) is 0 Å². The van der Waals surface area contributed by atoms with Gasteiger partial charge in [0.2, 0.25) is 0 Å². The molecule has 0 radical (unpaired) electrons. The highest BCUT2D eigenvalue weighted by Gasteiger charge is 2.63. The van der Waals surface area contributed by atoms with Crippen molar-refractivity contribution in [2.24, 2.45) is 39.9 Å². The molecular weight excluding hydrogens is 452 g/mol. The number of rotatable bonds is 10. The molecule has 0 bridgehead atoms. The lowest BCUT2D eigenvalue weighted by Gasteiger charge is -2.59. The molecular formula is C31H50O5. The third kappa shape index (κ3) is 4.81. The standard InChI is InChI=1S/C31H50O5/c1-19(2)20(3)9-10-21(27(34)35)22-13-17-31(8)24-11-12-25(28(4,5)36)29(6,16-15-26(32)33)23(24)14-18-30(22,31)7/h19,21-22,25,36H,3,9-18H2,1-2,4-8H3,(H,32,33)(H,34,35)/t21-,22-,25+,29-,30+,31+/m1/s1. The highest BCUT2D eigenvalue weighted by atomic mass is 16.4. The second-order valence-corrected chi connectivity index (χ2v) is 13.7. The van der Waals surface area contributed by atoms with Crippen molar-refractivity contribution in [1.29, 1.82) is 0 Å². The zero-order valence-electron chi connectivity index (χ0n) is 23.7. The lowest BCUT2D eigenvalue weighted by Crippen LogP contribution is -2.52. The van der Waals surface area contributed by atoms with Gasteiger partial charge < -0.3 is 15.3 Å². The molecule has 0 heterocycles. The number of fused-ring (bicyclic) bond motifs is 2. The van der Waals surface area contributed by atoms with E-state index in [0.29, 0.717) is 18.8 Å². The number of allylic oxidation sites excluding steroid dienone is 3. The number of aliphatic carboxylic acids is 2. The first kappa shape index (κ1) is 28.9. The van der Waals surface area contributed by atoms with Crippen LogP contribution in [0.3, 0.4) is 0 Å². The molecule has 3 N–H and O–H groups in total. The van der Waals surface area contributed by atoms with Gasteiger partial charge in [0.25, 0.3) is 0 Å². The van der Waals surface area contributed by atoms with Gasteiger partial charge in [0, 0.05) is 6.42 Å². The average molecular weight is 503 g/mol. The van der Waals surface area contributed by atoms with Gasteiger partial charge in [0.15, 0.2) is 0 Å². The smallest absolute Gasteiger partial charge is 0.306 e. The summed E-state index contributed by atoms with van der Waals surface area (Å²) in [7, 11) is 0. The van der Waals surface area contributed by atoms with Crippen LogP contribution in [0.1, 0.15) is 113 Å². The molecule has 36 heavy (non-hydrogen) atoms. The monoisotopic (exact) mass is 502 g/mol. The molecule has 1 saturated carbocycles. The van der Waals surface area contributed by atoms with Gasteiger partial charge in [-0.1, -0.05) is 57.9 Å². The topological polar surface area (TPSA) is 94.8 Å². The van der Waals surface area contributed by atoms with E-state index in [0.717, 1.165) is 50.5 Å². The van der Waals surface area contributed by atoms with Gasteiger partial charge in [-0.15, -0.1) is 0 Å². The largest absolute Gasteiger partial charge is 0.481 e. The molecule has 0 aromatic heterocycles.